The largest absolute Gasteiger partial charge is 0.504 e. The number of aromatic nitrogens is 1. The number of aryl methyl sites for hydroxylation is 2. The van der Waals surface area contributed by atoms with Gasteiger partial charge in [-0.15, -0.1) is 0 Å². The van der Waals surface area contributed by atoms with Crippen LogP contribution in [-0.4, -0.2) is 10.2 Å². The van der Waals surface area contributed by atoms with Gasteiger partial charge >= 0.3 is 0 Å². The molecule has 14 heavy (non-hydrogen) atoms. The Bertz CT molecular complexity index is 506. The van der Waals surface area contributed by atoms with Crippen LogP contribution in [0, 0.1) is 6.92 Å². The molecule has 1 aromatic carbocycles. The first-order chi connectivity index (χ1) is 6.61. The molecule has 0 aliphatic heterocycles. The Hall–Kier alpha value is -1.77. The monoisotopic (exact) mass is 190 g/mol. The highest BCUT2D eigenvalue weighted by Gasteiger charge is 2.14. The number of hydrogen-bond acceptors (Lipinski definition) is 2. The predicted octanol–water partition coefficient (Wildman–Crippen LogP) is 1.38. The normalized spacial score (nSPS) is 10.7. The van der Waals surface area contributed by atoms with Gasteiger partial charge in [0, 0.05) is 11.6 Å². The molecule has 0 aliphatic carbocycles. The van der Waals surface area contributed by atoms with Gasteiger partial charge in [-0.1, -0.05) is 0 Å². The molecule has 3 nitrogen and oxygen atoms in total. The summed E-state index contributed by atoms with van der Waals surface area (Å²) in [6, 6.07) is 5.19. The lowest BCUT2D eigenvalue weighted by Crippen LogP contribution is -2.28. The topological polar surface area (TPSA) is 44.3 Å². The second kappa shape index (κ2) is 2.87. The second-order valence-electron chi connectivity index (χ2n) is 3.44. The van der Waals surface area contributed by atoms with Crippen molar-refractivity contribution < 1.29 is 14.8 Å². The zero-order valence-corrected chi connectivity index (χ0v) is 8.15. The van der Waals surface area contributed by atoms with E-state index in [1.54, 1.807) is 12.1 Å². The Morgan fingerprint density at radius 3 is 2.71 bits per heavy atom. The SMILES string of the molecule is Cc1cc(O)c(O)c2ccc[n+](C)c12. The maximum absolute atomic E-state index is 9.64. The minimum Gasteiger partial charge on any atom is -0.504 e. The molecule has 0 fully saturated rings. The number of phenols is 2. The number of fused-ring (bicyclic) bond motifs is 1. The van der Waals surface area contributed by atoms with E-state index in [-0.39, 0.29) is 11.5 Å². The molecule has 1 heterocycles. The van der Waals surface area contributed by atoms with Crippen molar-refractivity contribution in [3.63, 3.8) is 0 Å². The molecule has 3 heteroatoms. The molecule has 0 saturated carbocycles. The van der Waals surface area contributed by atoms with Gasteiger partial charge < -0.3 is 10.2 Å². The predicted molar refractivity (Wildman–Crippen MR) is 53.2 cm³/mol. The maximum Gasteiger partial charge on any atom is 0.219 e. The number of nitrogens with zero attached hydrogens (tertiary/aromatic N) is 1. The van der Waals surface area contributed by atoms with Crippen molar-refractivity contribution in [3.8, 4) is 11.5 Å². The van der Waals surface area contributed by atoms with E-state index in [0.717, 1.165) is 11.1 Å². The molecule has 0 unspecified atom stereocenters. The first-order valence-electron chi connectivity index (χ1n) is 4.41. The van der Waals surface area contributed by atoms with Gasteiger partial charge in [0.15, 0.2) is 17.7 Å². The second-order valence-corrected chi connectivity index (χ2v) is 3.44. The highest BCUT2D eigenvalue weighted by Crippen LogP contribution is 2.33. The third-order valence-corrected chi connectivity index (χ3v) is 2.40. The number of aromatic hydroxyl groups is 2. The summed E-state index contributed by atoms with van der Waals surface area (Å²) in [6.07, 6.45) is 1.91. The highest BCUT2D eigenvalue weighted by atomic mass is 16.3. The fourth-order valence-corrected chi connectivity index (χ4v) is 1.77. The number of phenolic OH excluding ortho intramolecular Hbond substituents is 2. The smallest absolute Gasteiger partial charge is 0.219 e. The third kappa shape index (κ3) is 1.09. The van der Waals surface area contributed by atoms with Crippen LogP contribution in [0.4, 0.5) is 0 Å². The van der Waals surface area contributed by atoms with Gasteiger partial charge in [0.2, 0.25) is 5.52 Å². The maximum atomic E-state index is 9.64. The Balaban J connectivity index is 3.02. The first-order valence-corrected chi connectivity index (χ1v) is 4.41. The van der Waals surface area contributed by atoms with E-state index >= 15 is 0 Å². The molecule has 0 bridgehead atoms. The van der Waals surface area contributed by atoms with E-state index in [1.807, 2.05) is 30.8 Å². The summed E-state index contributed by atoms with van der Waals surface area (Å²) in [7, 11) is 1.91. The van der Waals surface area contributed by atoms with Crippen molar-refractivity contribution in [2.24, 2.45) is 7.05 Å². The van der Waals surface area contributed by atoms with Gasteiger partial charge in [0.25, 0.3) is 0 Å². The fraction of sp³-hybridized carbons (Fsp3) is 0.182. The molecule has 0 spiro atoms. The van der Waals surface area contributed by atoms with Crippen LogP contribution in [0.3, 0.4) is 0 Å². The van der Waals surface area contributed by atoms with Crippen LogP contribution in [0.1, 0.15) is 5.56 Å². The number of rotatable bonds is 0. The standard InChI is InChI=1S/C11H11NO2/c1-7-6-9(13)11(14)8-4-3-5-12(2)10(7)8/h3-6,13H,1-2H3/p+1. The third-order valence-electron chi connectivity index (χ3n) is 2.40. The van der Waals surface area contributed by atoms with Gasteiger partial charge in [-0.05, 0) is 19.1 Å². The molecule has 0 aliphatic rings. The Morgan fingerprint density at radius 1 is 1.29 bits per heavy atom. The molecule has 72 valence electrons. The van der Waals surface area contributed by atoms with Gasteiger partial charge in [0.1, 0.15) is 7.05 Å². The first kappa shape index (κ1) is 8.81. The molecular formula is C11H12NO2+. The van der Waals surface area contributed by atoms with Crippen LogP contribution in [0.5, 0.6) is 11.5 Å². The van der Waals surface area contributed by atoms with E-state index in [0.29, 0.717) is 5.39 Å². The Morgan fingerprint density at radius 2 is 2.00 bits per heavy atom. The summed E-state index contributed by atoms with van der Waals surface area (Å²) in [4.78, 5) is 0. The number of hydrogen-bond donors (Lipinski definition) is 2. The van der Waals surface area contributed by atoms with Gasteiger partial charge in [0.05, 0.1) is 5.39 Å². The summed E-state index contributed by atoms with van der Waals surface area (Å²) >= 11 is 0. The molecule has 2 N–H and O–H groups in total. The molecule has 0 atom stereocenters. The van der Waals surface area contributed by atoms with Crippen molar-refractivity contribution in [3.05, 3.63) is 30.0 Å². The molecule has 2 rings (SSSR count). The van der Waals surface area contributed by atoms with Crippen molar-refractivity contribution in [2.45, 2.75) is 6.92 Å². The van der Waals surface area contributed by atoms with Gasteiger partial charge in [-0.2, -0.15) is 0 Å². The number of benzene rings is 1. The molecule has 0 radical (unpaired) electrons. The van der Waals surface area contributed by atoms with E-state index in [9.17, 15) is 10.2 Å². The molecule has 2 aromatic rings. The molecule has 1 aromatic heterocycles. The molecule has 0 saturated heterocycles. The van der Waals surface area contributed by atoms with Crippen molar-refractivity contribution >= 4 is 10.9 Å². The summed E-state index contributed by atoms with van der Waals surface area (Å²) < 4.78 is 1.92. The quantitative estimate of drug-likeness (QED) is 0.487. The van der Waals surface area contributed by atoms with Gasteiger partial charge in [-0.3, -0.25) is 0 Å². The van der Waals surface area contributed by atoms with Crippen LogP contribution in [0.25, 0.3) is 10.9 Å². The van der Waals surface area contributed by atoms with Crippen LogP contribution in [0.2, 0.25) is 0 Å². The van der Waals surface area contributed by atoms with Gasteiger partial charge in [-0.25, -0.2) is 4.57 Å². The Labute approximate surface area is 81.9 Å². The lowest BCUT2D eigenvalue weighted by Gasteiger charge is -2.04. The minimum atomic E-state index is -0.0683. The van der Waals surface area contributed by atoms with E-state index in [1.165, 1.54) is 0 Å². The molecule has 0 amide bonds. The van der Waals surface area contributed by atoms with E-state index < -0.39 is 0 Å². The van der Waals surface area contributed by atoms with Crippen LogP contribution in [0.15, 0.2) is 24.4 Å². The summed E-state index contributed by atoms with van der Waals surface area (Å²) in [5.74, 6) is -0.122. The van der Waals surface area contributed by atoms with Crippen LogP contribution < -0.4 is 4.57 Å². The summed E-state index contributed by atoms with van der Waals surface area (Å²) in [6.45, 7) is 1.90. The van der Waals surface area contributed by atoms with Crippen molar-refractivity contribution in [1.82, 2.24) is 0 Å². The lowest BCUT2D eigenvalue weighted by molar-refractivity contribution is -0.645. The average Bonchev–Trinajstić information content (AvgIpc) is 2.14. The zero-order valence-electron chi connectivity index (χ0n) is 8.15. The van der Waals surface area contributed by atoms with E-state index in [4.69, 9.17) is 0 Å². The minimum absolute atomic E-state index is 0.0539. The number of pyridine rings is 1. The van der Waals surface area contributed by atoms with Crippen LogP contribution >= 0.6 is 0 Å². The summed E-state index contributed by atoms with van der Waals surface area (Å²) in [5, 5.41) is 19.7. The van der Waals surface area contributed by atoms with Crippen LogP contribution in [-0.2, 0) is 7.05 Å². The Kier molecular flexibility index (Phi) is 1.81. The van der Waals surface area contributed by atoms with E-state index in [2.05, 4.69) is 0 Å². The lowest BCUT2D eigenvalue weighted by atomic mass is 10.1. The average molecular weight is 190 g/mol. The molecular weight excluding hydrogens is 178 g/mol. The zero-order chi connectivity index (χ0) is 10.3. The van der Waals surface area contributed by atoms with Crippen molar-refractivity contribution in [2.75, 3.05) is 0 Å². The summed E-state index contributed by atoms with van der Waals surface area (Å²) in [5.41, 5.74) is 1.88. The fourth-order valence-electron chi connectivity index (χ4n) is 1.77. The van der Waals surface area contributed by atoms with Crippen molar-refractivity contribution in [1.29, 1.82) is 0 Å². The highest BCUT2D eigenvalue weighted by molar-refractivity contribution is 5.87.